The van der Waals surface area contributed by atoms with Crippen LogP contribution in [0.1, 0.15) is 18.4 Å². The Morgan fingerprint density at radius 2 is 2.20 bits per heavy atom. The van der Waals surface area contributed by atoms with Gasteiger partial charge >= 0.3 is 0 Å². The van der Waals surface area contributed by atoms with E-state index in [1.54, 1.807) is 6.20 Å². The number of aryl methyl sites for hydroxylation is 1. The summed E-state index contributed by atoms with van der Waals surface area (Å²) in [6.07, 6.45) is 3.78. The van der Waals surface area contributed by atoms with E-state index in [1.165, 1.54) is 5.56 Å². The van der Waals surface area contributed by atoms with E-state index >= 15 is 0 Å². The molecule has 0 saturated carbocycles. The van der Waals surface area contributed by atoms with Crippen LogP contribution in [0.3, 0.4) is 0 Å². The summed E-state index contributed by atoms with van der Waals surface area (Å²) in [6, 6.07) is 4.43. The molecule has 2 heterocycles. The number of nitrogens with one attached hydrogen (secondary N) is 1. The van der Waals surface area contributed by atoms with Crippen molar-refractivity contribution >= 4 is 16.6 Å². The van der Waals surface area contributed by atoms with Gasteiger partial charge in [-0.05, 0) is 31.4 Å². The second-order valence-electron chi connectivity index (χ2n) is 3.94. The average molecular weight is 224 g/mol. The third-order valence-electron chi connectivity index (χ3n) is 2.74. The summed E-state index contributed by atoms with van der Waals surface area (Å²) < 4.78 is 11.2. The predicted octanol–water partition coefficient (Wildman–Crippen LogP) is 1.71. The number of pyridine rings is 1. The Morgan fingerprint density at radius 1 is 1.47 bits per heavy atom. The zero-order valence-electron chi connectivity index (χ0n) is 8.90. The normalized spacial score (nSPS) is 26.2. The third-order valence-corrected chi connectivity index (χ3v) is 4.12. The molecular formula is C11H16N2OS. The molecule has 1 aliphatic rings. The number of hydrogen-bond acceptors (Lipinski definition) is 3. The standard InChI is InChI=1S/C11H16N2OS/c1-9-3-2-6-12-11(9)13-10-4-7-15(14)8-5-10/h2-3,6,10H,4-5,7-8H2,1H3,(H,12,13). The SMILES string of the molecule is Cc1cccnc1NC1CCS(=O)CC1. The second kappa shape index (κ2) is 4.75. The maximum atomic E-state index is 11.2. The Morgan fingerprint density at radius 3 is 2.87 bits per heavy atom. The third kappa shape index (κ3) is 2.78. The molecule has 3 nitrogen and oxygen atoms in total. The van der Waals surface area contributed by atoms with Gasteiger partial charge in [0.05, 0.1) is 0 Å². The Kier molecular flexibility index (Phi) is 3.36. The molecule has 0 unspecified atom stereocenters. The molecule has 0 aromatic carbocycles. The molecule has 1 aromatic heterocycles. The Hall–Kier alpha value is -0.900. The van der Waals surface area contributed by atoms with E-state index in [-0.39, 0.29) is 0 Å². The van der Waals surface area contributed by atoms with Crippen LogP contribution in [0.4, 0.5) is 5.82 Å². The maximum absolute atomic E-state index is 11.2. The fourth-order valence-electron chi connectivity index (χ4n) is 1.77. The molecule has 0 atom stereocenters. The number of aromatic nitrogens is 1. The van der Waals surface area contributed by atoms with Crippen LogP contribution in [0.15, 0.2) is 18.3 Å². The molecule has 1 N–H and O–H groups in total. The molecule has 0 radical (unpaired) electrons. The summed E-state index contributed by atoms with van der Waals surface area (Å²) in [5, 5.41) is 3.42. The highest BCUT2D eigenvalue weighted by Crippen LogP contribution is 2.16. The van der Waals surface area contributed by atoms with Crippen molar-refractivity contribution in [3.05, 3.63) is 23.9 Å². The lowest BCUT2D eigenvalue weighted by Gasteiger charge is -2.23. The quantitative estimate of drug-likeness (QED) is 0.831. The van der Waals surface area contributed by atoms with Crippen molar-refractivity contribution in [2.45, 2.75) is 25.8 Å². The zero-order valence-corrected chi connectivity index (χ0v) is 9.72. The lowest BCUT2D eigenvalue weighted by molar-refractivity contribution is 0.622. The molecule has 1 fully saturated rings. The highest BCUT2D eigenvalue weighted by atomic mass is 32.2. The lowest BCUT2D eigenvalue weighted by Crippen LogP contribution is -2.29. The van der Waals surface area contributed by atoms with Crippen LogP contribution in [0.25, 0.3) is 0 Å². The highest BCUT2D eigenvalue weighted by molar-refractivity contribution is 7.85. The molecule has 0 bridgehead atoms. The van der Waals surface area contributed by atoms with E-state index in [0.29, 0.717) is 6.04 Å². The summed E-state index contributed by atoms with van der Waals surface area (Å²) in [6.45, 7) is 2.05. The maximum Gasteiger partial charge on any atom is 0.129 e. The summed E-state index contributed by atoms with van der Waals surface area (Å²) in [5.41, 5.74) is 1.17. The van der Waals surface area contributed by atoms with E-state index in [2.05, 4.69) is 23.3 Å². The van der Waals surface area contributed by atoms with E-state index in [1.807, 2.05) is 6.07 Å². The van der Waals surface area contributed by atoms with Crippen molar-refractivity contribution in [2.75, 3.05) is 16.8 Å². The minimum absolute atomic E-state index is 0.441. The first-order chi connectivity index (χ1) is 7.25. The van der Waals surface area contributed by atoms with Crippen molar-refractivity contribution in [1.82, 2.24) is 4.98 Å². The molecule has 0 aliphatic carbocycles. The van der Waals surface area contributed by atoms with Gasteiger partial charge in [0.1, 0.15) is 5.82 Å². The molecule has 15 heavy (non-hydrogen) atoms. The monoisotopic (exact) mass is 224 g/mol. The number of anilines is 1. The Bertz CT molecular complexity index is 357. The van der Waals surface area contributed by atoms with E-state index in [0.717, 1.165) is 30.2 Å². The van der Waals surface area contributed by atoms with Crippen LogP contribution in [-0.4, -0.2) is 26.7 Å². The van der Waals surface area contributed by atoms with Crippen molar-refractivity contribution < 1.29 is 4.21 Å². The van der Waals surface area contributed by atoms with Gasteiger partial charge in [0, 0.05) is 34.5 Å². The molecule has 1 saturated heterocycles. The average Bonchev–Trinajstić information content (AvgIpc) is 2.25. The zero-order chi connectivity index (χ0) is 10.7. The summed E-state index contributed by atoms with van der Waals surface area (Å²) in [5.74, 6) is 2.61. The van der Waals surface area contributed by atoms with Crippen LogP contribution in [-0.2, 0) is 10.8 Å². The van der Waals surface area contributed by atoms with Crippen LogP contribution >= 0.6 is 0 Å². The molecule has 1 aliphatic heterocycles. The smallest absolute Gasteiger partial charge is 0.129 e. The lowest BCUT2D eigenvalue weighted by atomic mass is 10.1. The fourth-order valence-corrected chi connectivity index (χ4v) is 3.07. The van der Waals surface area contributed by atoms with Gasteiger partial charge in [-0.1, -0.05) is 6.07 Å². The van der Waals surface area contributed by atoms with E-state index in [9.17, 15) is 4.21 Å². The Labute approximate surface area is 92.8 Å². The fraction of sp³-hybridized carbons (Fsp3) is 0.545. The van der Waals surface area contributed by atoms with Crippen LogP contribution < -0.4 is 5.32 Å². The van der Waals surface area contributed by atoms with E-state index < -0.39 is 10.8 Å². The van der Waals surface area contributed by atoms with Gasteiger partial charge in [-0.15, -0.1) is 0 Å². The summed E-state index contributed by atoms with van der Waals surface area (Å²) >= 11 is 0. The minimum atomic E-state index is -0.585. The van der Waals surface area contributed by atoms with Gasteiger partial charge in [-0.2, -0.15) is 0 Å². The molecule has 1 aromatic rings. The van der Waals surface area contributed by atoms with E-state index in [4.69, 9.17) is 0 Å². The van der Waals surface area contributed by atoms with Crippen LogP contribution in [0.5, 0.6) is 0 Å². The van der Waals surface area contributed by atoms with Gasteiger partial charge in [-0.3, -0.25) is 4.21 Å². The van der Waals surface area contributed by atoms with Crippen molar-refractivity contribution in [1.29, 1.82) is 0 Å². The second-order valence-corrected chi connectivity index (χ2v) is 5.63. The topological polar surface area (TPSA) is 42.0 Å². The van der Waals surface area contributed by atoms with Gasteiger partial charge in [0.15, 0.2) is 0 Å². The molecule has 2 rings (SSSR count). The minimum Gasteiger partial charge on any atom is -0.367 e. The molecule has 4 heteroatoms. The molecular weight excluding hydrogens is 208 g/mol. The van der Waals surface area contributed by atoms with Gasteiger partial charge in [0.2, 0.25) is 0 Å². The summed E-state index contributed by atoms with van der Waals surface area (Å²) in [7, 11) is -0.585. The first-order valence-corrected chi connectivity index (χ1v) is 6.77. The molecule has 0 spiro atoms. The predicted molar refractivity (Wildman–Crippen MR) is 63.5 cm³/mol. The number of hydrogen-bond donors (Lipinski definition) is 1. The largest absolute Gasteiger partial charge is 0.367 e. The van der Waals surface area contributed by atoms with Gasteiger partial charge in [0.25, 0.3) is 0 Å². The van der Waals surface area contributed by atoms with Gasteiger partial charge in [-0.25, -0.2) is 4.98 Å². The number of rotatable bonds is 2. The number of nitrogens with zero attached hydrogens (tertiary/aromatic N) is 1. The first-order valence-electron chi connectivity index (χ1n) is 5.29. The van der Waals surface area contributed by atoms with Gasteiger partial charge < -0.3 is 5.32 Å². The Balaban J connectivity index is 1.97. The van der Waals surface area contributed by atoms with Crippen molar-refractivity contribution in [3.8, 4) is 0 Å². The van der Waals surface area contributed by atoms with Crippen LogP contribution in [0, 0.1) is 6.92 Å². The van der Waals surface area contributed by atoms with Crippen molar-refractivity contribution in [3.63, 3.8) is 0 Å². The molecule has 0 amide bonds. The first kappa shape index (κ1) is 10.6. The molecule has 82 valence electrons. The summed E-state index contributed by atoms with van der Waals surface area (Å²) in [4.78, 5) is 4.30. The van der Waals surface area contributed by atoms with Crippen LogP contribution in [0.2, 0.25) is 0 Å². The van der Waals surface area contributed by atoms with Crippen molar-refractivity contribution in [2.24, 2.45) is 0 Å². The highest BCUT2D eigenvalue weighted by Gasteiger charge is 2.18.